The van der Waals surface area contributed by atoms with Crippen LogP contribution in [0.2, 0.25) is 0 Å². The monoisotopic (exact) mass is 438 g/mol. The lowest BCUT2D eigenvalue weighted by molar-refractivity contribution is 0.322. The van der Waals surface area contributed by atoms with Crippen molar-refractivity contribution in [2.24, 2.45) is 4.99 Å². The van der Waals surface area contributed by atoms with Crippen molar-refractivity contribution >= 4 is 5.96 Å². The normalized spacial score (nSPS) is 11.2. The minimum Gasteiger partial charge on any atom is -0.493 e. The number of hydrogen-bond acceptors (Lipinski definition) is 6. The third kappa shape index (κ3) is 5.72. The molecule has 0 fully saturated rings. The Kier molecular flexibility index (Phi) is 8.36. The molecule has 8 nitrogen and oxygen atoms in total. The molecule has 0 aliphatic heterocycles. The first-order chi connectivity index (χ1) is 15.7. The van der Waals surface area contributed by atoms with Gasteiger partial charge >= 0.3 is 0 Å². The Bertz CT molecular complexity index is 1020. The highest BCUT2D eigenvalue weighted by molar-refractivity contribution is 5.79. The van der Waals surface area contributed by atoms with Crippen molar-refractivity contribution in [1.29, 1.82) is 0 Å². The second-order valence-electron chi connectivity index (χ2n) is 6.88. The molecule has 0 bridgehead atoms. The molecule has 1 aromatic heterocycles. The molecule has 1 heterocycles. The van der Waals surface area contributed by atoms with Crippen LogP contribution in [0.5, 0.6) is 17.2 Å². The van der Waals surface area contributed by atoms with Crippen LogP contribution in [0.1, 0.15) is 18.2 Å². The largest absolute Gasteiger partial charge is 0.493 e. The number of oxazole rings is 1. The van der Waals surface area contributed by atoms with Crippen LogP contribution >= 0.6 is 0 Å². The van der Waals surface area contributed by atoms with Gasteiger partial charge in [-0.05, 0) is 31.5 Å². The van der Waals surface area contributed by atoms with Crippen LogP contribution in [0, 0.1) is 0 Å². The molecular weight excluding hydrogens is 408 g/mol. The van der Waals surface area contributed by atoms with E-state index in [0.717, 1.165) is 29.8 Å². The van der Waals surface area contributed by atoms with Crippen molar-refractivity contribution < 1.29 is 18.6 Å². The van der Waals surface area contributed by atoms with E-state index in [-0.39, 0.29) is 0 Å². The van der Waals surface area contributed by atoms with Crippen LogP contribution < -0.4 is 24.8 Å². The van der Waals surface area contributed by atoms with Gasteiger partial charge in [0.2, 0.25) is 11.6 Å². The maximum Gasteiger partial charge on any atom is 0.226 e. The molecular formula is C24H30N4O4. The molecule has 0 amide bonds. The van der Waals surface area contributed by atoms with Crippen LogP contribution in [0.15, 0.2) is 58.1 Å². The van der Waals surface area contributed by atoms with Gasteiger partial charge in [-0.1, -0.05) is 24.3 Å². The number of rotatable bonds is 10. The summed E-state index contributed by atoms with van der Waals surface area (Å²) >= 11 is 0. The lowest BCUT2D eigenvalue weighted by Gasteiger charge is -2.16. The highest BCUT2D eigenvalue weighted by Gasteiger charge is 2.15. The van der Waals surface area contributed by atoms with E-state index in [9.17, 15) is 0 Å². The van der Waals surface area contributed by atoms with E-state index >= 15 is 0 Å². The molecule has 3 rings (SSSR count). The molecule has 3 aromatic rings. The van der Waals surface area contributed by atoms with Gasteiger partial charge in [-0.25, -0.2) is 9.98 Å². The fourth-order valence-corrected chi connectivity index (χ4v) is 3.27. The number of methoxy groups -OCH3 is 3. The van der Waals surface area contributed by atoms with Crippen LogP contribution in [-0.2, 0) is 13.0 Å². The predicted octanol–water partition coefficient (Wildman–Crippen LogP) is 3.67. The van der Waals surface area contributed by atoms with Crippen LogP contribution in [0.4, 0.5) is 0 Å². The summed E-state index contributed by atoms with van der Waals surface area (Å²) in [5.41, 5.74) is 2.72. The highest BCUT2D eigenvalue weighted by Crippen LogP contribution is 2.39. The summed E-state index contributed by atoms with van der Waals surface area (Å²) in [6, 6.07) is 13.7. The molecule has 32 heavy (non-hydrogen) atoms. The highest BCUT2D eigenvalue weighted by atomic mass is 16.5. The third-order valence-corrected chi connectivity index (χ3v) is 4.79. The van der Waals surface area contributed by atoms with Gasteiger partial charge in [-0.2, -0.15) is 0 Å². The second-order valence-corrected chi connectivity index (χ2v) is 6.88. The molecule has 0 radical (unpaired) electrons. The fraction of sp³-hybridized carbons (Fsp3) is 0.333. The van der Waals surface area contributed by atoms with Gasteiger partial charge in [-0.15, -0.1) is 0 Å². The molecule has 0 aliphatic carbocycles. The Balaban J connectivity index is 1.63. The van der Waals surface area contributed by atoms with Crippen molar-refractivity contribution in [3.8, 4) is 28.7 Å². The number of nitrogens with zero attached hydrogens (tertiary/aromatic N) is 2. The summed E-state index contributed by atoms with van der Waals surface area (Å²) in [4.78, 5) is 9.15. The van der Waals surface area contributed by atoms with Gasteiger partial charge in [0.1, 0.15) is 12.0 Å². The smallest absolute Gasteiger partial charge is 0.226 e. The Labute approximate surface area is 188 Å². The standard InChI is InChI=1S/C24H30N4O4/c1-5-25-24(27-15-19-16-32-23(28-19)18-9-7-6-8-10-18)26-14-13-17-11-12-20(29-2)22(31-4)21(17)30-3/h6-12,16H,5,13-15H2,1-4H3,(H2,25,26,27). The Morgan fingerprint density at radius 2 is 1.75 bits per heavy atom. The topological polar surface area (TPSA) is 90.1 Å². The average molecular weight is 439 g/mol. The third-order valence-electron chi connectivity index (χ3n) is 4.79. The van der Waals surface area contributed by atoms with Gasteiger partial charge in [0.25, 0.3) is 0 Å². The summed E-state index contributed by atoms with van der Waals surface area (Å²) in [5, 5.41) is 6.60. The Morgan fingerprint density at radius 3 is 2.44 bits per heavy atom. The van der Waals surface area contributed by atoms with E-state index in [2.05, 4.69) is 20.6 Å². The molecule has 0 unspecified atom stereocenters. The zero-order valence-corrected chi connectivity index (χ0v) is 19.0. The first-order valence-corrected chi connectivity index (χ1v) is 10.5. The van der Waals surface area contributed by atoms with Gasteiger partial charge in [0.05, 0.1) is 27.9 Å². The maximum absolute atomic E-state index is 5.59. The SMILES string of the molecule is CCNC(=NCc1coc(-c2ccccc2)n1)NCCc1ccc(OC)c(OC)c1OC. The molecule has 8 heteroatoms. The summed E-state index contributed by atoms with van der Waals surface area (Å²) in [6.45, 7) is 3.84. The second kappa shape index (κ2) is 11.6. The minimum atomic E-state index is 0.408. The number of hydrogen-bond donors (Lipinski definition) is 2. The lowest BCUT2D eigenvalue weighted by Crippen LogP contribution is -2.38. The molecule has 0 spiro atoms. The average Bonchev–Trinajstić information content (AvgIpc) is 3.31. The number of aromatic nitrogens is 1. The molecule has 170 valence electrons. The number of aliphatic imine (C=N–C) groups is 1. The first-order valence-electron chi connectivity index (χ1n) is 10.5. The van der Waals surface area contributed by atoms with Crippen LogP contribution in [-0.4, -0.2) is 45.4 Å². The van der Waals surface area contributed by atoms with E-state index in [1.165, 1.54) is 0 Å². The molecule has 0 atom stereocenters. The lowest BCUT2D eigenvalue weighted by atomic mass is 10.1. The van der Waals surface area contributed by atoms with Crippen molar-refractivity contribution in [1.82, 2.24) is 15.6 Å². The van der Waals surface area contributed by atoms with E-state index < -0.39 is 0 Å². The van der Waals surface area contributed by atoms with E-state index in [1.807, 2.05) is 49.4 Å². The number of benzene rings is 2. The number of nitrogens with one attached hydrogen (secondary N) is 2. The molecule has 2 aromatic carbocycles. The molecule has 0 saturated heterocycles. The number of ether oxygens (including phenoxy) is 3. The summed E-state index contributed by atoms with van der Waals surface area (Å²) < 4.78 is 22.0. The van der Waals surface area contributed by atoms with Gasteiger partial charge in [0.15, 0.2) is 17.5 Å². The Morgan fingerprint density at radius 1 is 0.969 bits per heavy atom. The number of guanidine groups is 1. The summed E-state index contributed by atoms with van der Waals surface area (Å²) in [5.74, 6) is 3.20. The Hall–Kier alpha value is -3.68. The predicted molar refractivity (Wildman–Crippen MR) is 125 cm³/mol. The summed E-state index contributed by atoms with van der Waals surface area (Å²) in [7, 11) is 4.84. The molecule has 0 aliphatic rings. The quantitative estimate of drug-likeness (QED) is 0.369. The zero-order chi connectivity index (χ0) is 22.8. The van der Waals surface area contributed by atoms with Crippen LogP contribution in [0.3, 0.4) is 0 Å². The van der Waals surface area contributed by atoms with Crippen molar-refractivity contribution in [2.45, 2.75) is 19.9 Å². The zero-order valence-electron chi connectivity index (χ0n) is 19.0. The van der Waals surface area contributed by atoms with Crippen molar-refractivity contribution in [2.75, 3.05) is 34.4 Å². The van der Waals surface area contributed by atoms with Gasteiger partial charge in [-0.3, -0.25) is 0 Å². The summed E-state index contributed by atoms with van der Waals surface area (Å²) in [6.07, 6.45) is 2.36. The van der Waals surface area contributed by atoms with E-state index in [1.54, 1.807) is 27.6 Å². The first kappa shape index (κ1) is 23.0. The van der Waals surface area contributed by atoms with Crippen molar-refractivity contribution in [3.05, 3.63) is 60.0 Å². The molecule has 0 saturated carbocycles. The molecule has 2 N–H and O–H groups in total. The van der Waals surface area contributed by atoms with E-state index in [0.29, 0.717) is 42.2 Å². The van der Waals surface area contributed by atoms with Crippen molar-refractivity contribution in [3.63, 3.8) is 0 Å². The van der Waals surface area contributed by atoms with Gasteiger partial charge < -0.3 is 29.3 Å². The minimum absolute atomic E-state index is 0.408. The fourth-order valence-electron chi connectivity index (χ4n) is 3.27. The van der Waals surface area contributed by atoms with E-state index in [4.69, 9.17) is 18.6 Å². The van der Waals surface area contributed by atoms with Crippen LogP contribution in [0.25, 0.3) is 11.5 Å². The van der Waals surface area contributed by atoms with Gasteiger partial charge in [0, 0.05) is 24.2 Å². The maximum atomic E-state index is 5.59.